The average molecular weight is 257 g/mol. The molecule has 0 saturated heterocycles. The molecule has 0 fully saturated rings. The Kier molecular flexibility index (Phi) is 1.80. The largest absolute Gasteiger partial charge is 0.254 e. The lowest BCUT2D eigenvalue weighted by Gasteiger charge is -2.04. The minimum absolute atomic E-state index is 0.947. The van der Waals surface area contributed by atoms with Crippen molar-refractivity contribution in [2.24, 2.45) is 0 Å². The van der Waals surface area contributed by atoms with Crippen LogP contribution in [0.3, 0.4) is 0 Å². The van der Waals surface area contributed by atoms with E-state index in [0.717, 1.165) is 35.6 Å². The van der Waals surface area contributed by atoms with Crippen molar-refractivity contribution in [1.82, 2.24) is 15.0 Å². The van der Waals surface area contributed by atoms with Gasteiger partial charge in [0.2, 0.25) is 0 Å². The van der Waals surface area contributed by atoms with Gasteiger partial charge in [-0.05, 0) is 34.4 Å². The molecule has 2 aliphatic carbocycles. The lowest BCUT2D eigenvalue weighted by molar-refractivity contribution is 1.18. The molecule has 0 N–H and O–H groups in total. The summed E-state index contributed by atoms with van der Waals surface area (Å²) in [6.07, 6.45) is 5.58. The molecule has 2 aliphatic rings. The van der Waals surface area contributed by atoms with Crippen LogP contribution in [0.2, 0.25) is 0 Å². The highest BCUT2D eigenvalue weighted by atomic mass is 14.8. The topological polar surface area (TPSA) is 38.7 Å². The molecule has 3 aromatic rings. The van der Waals surface area contributed by atoms with E-state index in [1.807, 2.05) is 24.5 Å². The van der Waals surface area contributed by atoms with Crippen LogP contribution in [0, 0.1) is 0 Å². The standard InChI is InChI=1S/C17H11N3/c1-3-10-7-12-9-13-8-11-4-2-6-19-15(11)17(13)20-16(12)14(10)18-5-1/h1-6,9H,7-8H2. The lowest BCUT2D eigenvalue weighted by Crippen LogP contribution is -1.92. The summed E-state index contributed by atoms with van der Waals surface area (Å²) >= 11 is 0. The quantitative estimate of drug-likeness (QED) is 0.428. The van der Waals surface area contributed by atoms with Gasteiger partial charge in [0.1, 0.15) is 0 Å². The first-order valence-electron chi connectivity index (χ1n) is 6.81. The summed E-state index contributed by atoms with van der Waals surface area (Å²) < 4.78 is 0. The average Bonchev–Trinajstić information content (AvgIpc) is 3.02. The molecular weight excluding hydrogens is 246 g/mol. The van der Waals surface area contributed by atoms with Gasteiger partial charge in [0, 0.05) is 25.2 Å². The fourth-order valence-corrected chi connectivity index (χ4v) is 3.28. The van der Waals surface area contributed by atoms with Crippen LogP contribution in [-0.2, 0) is 12.8 Å². The molecule has 0 unspecified atom stereocenters. The SMILES string of the molecule is c1cnc2c(c1)Cc1cc3c(nc1-2)-c1ncccc1C3. The van der Waals surface area contributed by atoms with E-state index in [1.54, 1.807) is 0 Å². The highest BCUT2D eigenvalue weighted by molar-refractivity contribution is 5.77. The van der Waals surface area contributed by atoms with Gasteiger partial charge in [-0.2, -0.15) is 0 Å². The van der Waals surface area contributed by atoms with Gasteiger partial charge in [-0.1, -0.05) is 18.2 Å². The lowest BCUT2D eigenvalue weighted by atomic mass is 10.1. The van der Waals surface area contributed by atoms with Crippen molar-refractivity contribution < 1.29 is 0 Å². The molecule has 3 nitrogen and oxygen atoms in total. The van der Waals surface area contributed by atoms with Crippen molar-refractivity contribution in [3.63, 3.8) is 0 Å². The van der Waals surface area contributed by atoms with E-state index in [-0.39, 0.29) is 0 Å². The van der Waals surface area contributed by atoms with E-state index in [4.69, 9.17) is 4.98 Å². The Labute approximate surface area is 116 Å². The molecule has 20 heavy (non-hydrogen) atoms. The number of hydrogen-bond donors (Lipinski definition) is 0. The van der Waals surface area contributed by atoms with Gasteiger partial charge in [0.25, 0.3) is 0 Å². The Morgan fingerprint density at radius 3 is 1.75 bits per heavy atom. The molecule has 3 aromatic heterocycles. The van der Waals surface area contributed by atoms with Crippen molar-refractivity contribution in [3.8, 4) is 22.8 Å². The molecule has 0 saturated carbocycles. The van der Waals surface area contributed by atoms with Crippen LogP contribution >= 0.6 is 0 Å². The summed E-state index contributed by atoms with van der Waals surface area (Å²) in [5.41, 5.74) is 9.30. The summed E-state index contributed by atoms with van der Waals surface area (Å²) in [6.45, 7) is 0. The number of nitrogens with zero attached hydrogens (tertiary/aromatic N) is 3. The van der Waals surface area contributed by atoms with Crippen molar-refractivity contribution in [2.75, 3.05) is 0 Å². The number of fused-ring (bicyclic) bond motifs is 6. The number of rotatable bonds is 0. The van der Waals surface area contributed by atoms with E-state index in [9.17, 15) is 0 Å². The molecule has 3 heteroatoms. The minimum Gasteiger partial charge on any atom is -0.254 e. The molecule has 0 radical (unpaired) electrons. The molecule has 0 aromatic carbocycles. The van der Waals surface area contributed by atoms with Crippen LogP contribution in [0.5, 0.6) is 0 Å². The Bertz CT molecular complexity index is 799. The van der Waals surface area contributed by atoms with Crippen LogP contribution in [0.4, 0.5) is 0 Å². The van der Waals surface area contributed by atoms with E-state index < -0.39 is 0 Å². The van der Waals surface area contributed by atoms with Crippen LogP contribution in [0.25, 0.3) is 22.8 Å². The third-order valence-electron chi connectivity index (χ3n) is 4.17. The van der Waals surface area contributed by atoms with Crippen LogP contribution in [0.15, 0.2) is 42.7 Å². The highest BCUT2D eigenvalue weighted by Gasteiger charge is 2.27. The fourth-order valence-electron chi connectivity index (χ4n) is 3.28. The molecule has 3 heterocycles. The summed E-state index contributed by atoms with van der Waals surface area (Å²) in [5, 5.41) is 0. The number of pyridine rings is 3. The van der Waals surface area contributed by atoms with E-state index in [1.165, 1.54) is 22.3 Å². The van der Waals surface area contributed by atoms with E-state index in [2.05, 4.69) is 28.2 Å². The van der Waals surface area contributed by atoms with Crippen molar-refractivity contribution in [1.29, 1.82) is 0 Å². The van der Waals surface area contributed by atoms with Gasteiger partial charge in [0.05, 0.1) is 22.8 Å². The first kappa shape index (κ1) is 10.3. The summed E-state index contributed by atoms with van der Waals surface area (Å²) in [7, 11) is 0. The first-order valence-corrected chi connectivity index (χ1v) is 6.81. The van der Waals surface area contributed by atoms with Gasteiger partial charge in [-0.3, -0.25) is 9.97 Å². The second-order valence-electron chi connectivity index (χ2n) is 5.38. The molecular formula is C17H11N3. The van der Waals surface area contributed by atoms with Gasteiger partial charge < -0.3 is 0 Å². The fraction of sp³-hybridized carbons (Fsp3) is 0.118. The normalized spacial score (nSPS) is 13.6. The van der Waals surface area contributed by atoms with E-state index >= 15 is 0 Å². The Hall–Kier alpha value is -2.55. The van der Waals surface area contributed by atoms with Crippen molar-refractivity contribution in [3.05, 3.63) is 65.0 Å². The minimum atomic E-state index is 0.947. The van der Waals surface area contributed by atoms with Gasteiger partial charge in [-0.25, -0.2) is 4.98 Å². The van der Waals surface area contributed by atoms with Crippen LogP contribution in [-0.4, -0.2) is 15.0 Å². The Morgan fingerprint density at radius 2 is 1.20 bits per heavy atom. The number of hydrogen-bond acceptors (Lipinski definition) is 3. The Balaban J connectivity index is 1.79. The van der Waals surface area contributed by atoms with Crippen LogP contribution in [0.1, 0.15) is 22.3 Å². The van der Waals surface area contributed by atoms with Gasteiger partial charge >= 0.3 is 0 Å². The van der Waals surface area contributed by atoms with Gasteiger partial charge in [-0.15, -0.1) is 0 Å². The molecule has 5 rings (SSSR count). The second-order valence-corrected chi connectivity index (χ2v) is 5.38. The zero-order valence-corrected chi connectivity index (χ0v) is 10.8. The maximum atomic E-state index is 4.89. The number of aromatic nitrogens is 3. The molecule has 0 aliphatic heterocycles. The van der Waals surface area contributed by atoms with Crippen LogP contribution < -0.4 is 0 Å². The molecule has 0 bridgehead atoms. The third-order valence-corrected chi connectivity index (χ3v) is 4.17. The Morgan fingerprint density at radius 1 is 0.650 bits per heavy atom. The van der Waals surface area contributed by atoms with Crippen molar-refractivity contribution >= 4 is 0 Å². The monoisotopic (exact) mass is 257 g/mol. The highest BCUT2D eigenvalue weighted by Crippen LogP contribution is 2.40. The summed E-state index contributed by atoms with van der Waals surface area (Å²) in [4.78, 5) is 13.9. The molecule has 94 valence electrons. The van der Waals surface area contributed by atoms with E-state index in [0.29, 0.717) is 0 Å². The summed E-state index contributed by atoms with van der Waals surface area (Å²) in [6, 6.07) is 10.6. The first-order chi connectivity index (χ1) is 9.90. The predicted octanol–water partition coefficient (Wildman–Crippen LogP) is 3.01. The second kappa shape index (κ2) is 3.51. The third kappa shape index (κ3) is 1.22. The maximum Gasteiger partial charge on any atom is 0.0932 e. The smallest absolute Gasteiger partial charge is 0.0932 e. The molecule has 0 amide bonds. The molecule has 0 atom stereocenters. The zero-order valence-electron chi connectivity index (χ0n) is 10.8. The van der Waals surface area contributed by atoms with Gasteiger partial charge in [0.15, 0.2) is 0 Å². The van der Waals surface area contributed by atoms with Crippen molar-refractivity contribution in [2.45, 2.75) is 12.8 Å². The zero-order chi connectivity index (χ0) is 13.1. The summed E-state index contributed by atoms with van der Waals surface area (Å²) in [5.74, 6) is 0. The maximum absolute atomic E-state index is 4.89. The predicted molar refractivity (Wildman–Crippen MR) is 76.3 cm³/mol. The molecule has 0 spiro atoms.